The first-order chi connectivity index (χ1) is 10.4. The Labute approximate surface area is 121 Å². The van der Waals surface area contributed by atoms with E-state index >= 15 is 0 Å². The molecule has 4 N–H and O–H groups in total. The first kappa shape index (κ1) is 15.0. The number of esters is 1. The number of H-pyrrole nitrogens is 2. The normalized spacial score (nSPS) is 10.0. The van der Waals surface area contributed by atoms with Gasteiger partial charge in [0.05, 0.1) is 7.11 Å². The number of nitrogens with one attached hydrogen (secondary N) is 3. The number of hydrogen-bond acceptors (Lipinski definition) is 7. The van der Waals surface area contributed by atoms with Crippen molar-refractivity contribution < 1.29 is 19.4 Å². The minimum atomic E-state index is -1.05. The number of methoxy groups -OCH3 is 1. The summed E-state index contributed by atoms with van der Waals surface area (Å²) in [6.45, 7) is 0. The zero-order valence-electron chi connectivity index (χ0n) is 11.2. The quantitative estimate of drug-likeness (QED) is 0.541. The third-order valence-electron chi connectivity index (χ3n) is 2.56. The molecule has 0 saturated heterocycles. The third kappa shape index (κ3) is 3.00. The molecule has 0 saturated carbocycles. The second-order valence-electron chi connectivity index (χ2n) is 4.01. The number of pyridine rings is 1. The molecule has 0 aliphatic rings. The van der Waals surface area contributed by atoms with Crippen LogP contribution in [0.2, 0.25) is 0 Å². The van der Waals surface area contributed by atoms with Crippen LogP contribution >= 0.6 is 0 Å². The Kier molecular flexibility index (Phi) is 4.02. The maximum atomic E-state index is 12.0. The lowest BCUT2D eigenvalue weighted by Gasteiger charge is -2.06. The molecule has 0 aliphatic carbocycles. The highest BCUT2D eigenvalue weighted by molar-refractivity contribution is 6.05. The van der Waals surface area contributed by atoms with E-state index in [1.54, 1.807) is 0 Å². The molecular weight excluding hydrogens is 296 g/mol. The number of nitrogens with zero attached hydrogens (tertiary/aromatic N) is 1. The number of carbonyl (C=O) groups excluding carboxylic acids is 2. The summed E-state index contributed by atoms with van der Waals surface area (Å²) in [5.74, 6) is -2.55. The summed E-state index contributed by atoms with van der Waals surface area (Å²) >= 11 is 0. The minimum absolute atomic E-state index is 0.0556. The Bertz CT molecular complexity index is 853. The van der Waals surface area contributed by atoms with Gasteiger partial charge in [0.1, 0.15) is 5.69 Å². The molecule has 0 unspecified atom stereocenters. The molecule has 2 aromatic heterocycles. The molecule has 10 nitrogen and oxygen atoms in total. The summed E-state index contributed by atoms with van der Waals surface area (Å²) in [4.78, 5) is 53.2. The van der Waals surface area contributed by atoms with Crippen molar-refractivity contribution in [3.05, 3.63) is 50.4 Å². The van der Waals surface area contributed by atoms with E-state index in [-0.39, 0.29) is 11.4 Å². The Morgan fingerprint density at radius 3 is 2.68 bits per heavy atom. The van der Waals surface area contributed by atoms with Gasteiger partial charge in [0.25, 0.3) is 11.5 Å². The molecule has 2 rings (SSSR count). The van der Waals surface area contributed by atoms with Crippen LogP contribution in [0.3, 0.4) is 0 Å². The number of carbonyl (C=O) groups is 2. The average molecular weight is 306 g/mol. The van der Waals surface area contributed by atoms with Crippen LogP contribution in [0.25, 0.3) is 0 Å². The molecule has 2 heterocycles. The van der Waals surface area contributed by atoms with Crippen molar-refractivity contribution in [1.29, 1.82) is 0 Å². The van der Waals surface area contributed by atoms with E-state index in [1.807, 2.05) is 9.97 Å². The van der Waals surface area contributed by atoms with E-state index in [9.17, 15) is 24.3 Å². The number of aromatic amines is 2. The van der Waals surface area contributed by atoms with Crippen molar-refractivity contribution in [2.24, 2.45) is 0 Å². The predicted octanol–water partition coefficient (Wildman–Crippen LogP) is -0.797. The number of amides is 1. The molecule has 2 aromatic rings. The lowest BCUT2D eigenvalue weighted by Crippen LogP contribution is -2.30. The fourth-order valence-corrected chi connectivity index (χ4v) is 1.60. The Morgan fingerprint density at radius 1 is 1.32 bits per heavy atom. The SMILES string of the molecule is COC(=O)c1cc(NC(=O)c2c(O)[nH]c(=O)[nH]c2=O)ccn1. The van der Waals surface area contributed by atoms with Gasteiger partial charge in [-0.1, -0.05) is 0 Å². The molecule has 114 valence electrons. The van der Waals surface area contributed by atoms with Crippen LogP contribution in [0, 0.1) is 0 Å². The first-order valence-electron chi connectivity index (χ1n) is 5.83. The van der Waals surface area contributed by atoms with Gasteiger partial charge in [0.2, 0.25) is 5.88 Å². The number of aromatic hydroxyl groups is 1. The smallest absolute Gasteiger partial charge is 0.356 e. The number of ether oxygens (including phenoxy) is 1. The van der Waals surface area contributed by atoms with Crippen molar-refractivity contribution in [3.8, 4) is 5.88 Å². The number of hydrogen-bond donors (Lipinski definition) is 4. The molecule has 0 aliphatic heterocycles. The highest BCUT2D eigenvalue weighted by atomic mass is 16.5. The summed E-state index contributed by atoms with van der Waals surface area (Å²) in [6, 6.07) is 2.59. The molecule has 0 spiro atoms. The highest BCUT2D eigenvalue weighted by Crippen LogP contribution is 2.12. The van der Waals surface area contributed by atoms with Gasteiger partial charge in [-0.15, -0.1) is 0 Å². The topological polar surface area (TPSA) is 154 Å². The summed E-state index contributed by atoms with van der Waals surface area (Å²) in [5, 5.41) is 11.8. The van der Waals surface area contributed by atoms with E-state index in [2.05, 4.69) is 15.0 Å². The highest BCUT2D eigenvalue weighted by Gasteiger charge is 2.18. The van der Waals surface area contributed by atoms with Crippen molar-refractivity contribution in [2.75, 3.05) is 12.4 Å². The second kappa shape index (κ2) is 5.91. The van der Waals surface area contributed by atoms with Crippen molar-refractivity contribution in [1.82, 2.24) is 15.0 Å². The summed E-state index contributed by atoms with van der Waals surface area (Å²) < 4.78 is 4.48. The van der Waals surface area contributed by atoms with Crippen LogP contribution in [-0.4, -0.2) is 39.0 Å². The van der Waals surface area contributed by atoms with Crippen LogP contribution in [0.15, 0.2) is 27.9 Å². The number of anilines is 1. The molecule has 0 aromatic carbocycles. The zero-order valence-corrected chi connectivity index (χ0v) is 11.2. The van der Waals surface area contributed by atoms with Crippen LogP contribution in [0.5, 0.6) is 5.88 Å². The van der Waals surface area contributed by atoms with Crippen LogP contribution < -0.4 is 16.6 Å². The van der Waals surface area contributed by atoms with Gasteiger partial charge in [0.15, 0.2) is 5.56 Å². The largest absolute Gasteiger partial charge is 0.494 e. The van der Waals surface area contributed by atoms with E-state index in [0.717, 1.165) is 0 Å². The zero-order chi connectivity index (χ0) is 16.3. The average Bonchev–Trinajstić information content (AvgIpc) is 2.45. The van der Waals surface area contributed by atoms with Gasteiger partial charge in [0, 0.05) is 11.9 Å². The van der Waals surface area contributed by atoms with Gasteiger partial charge >= 0.3 is 11.7 Å². The predicted molar refractivity (Wildman–Crippen MR) is 72.9 cm³/mol. The van der Waals surface area contributed by atoms with Crippen LogP contribution in [0.4, 0.5) is 5.69 Å². The van der Waals surface area contributed by atoms with E-state index < -0.39 is 34.6 Å². The molecule has 0 atom stereocenters. The molecule has 10 heteroatoms. The Morgan fingerprint density at radius 2 is 2.05 bits per heavy atom. The van der Waals surface area contributed by atoms with Crippen molar-refractivity contribution >= 4 is 17.6 Å². The monoisotopic (exact) mass is 306 g/mol. The maximum absolute atomic E-state index is 12.0. The molecular formula is C12H10N4O6. The third-order valence-corrected chi connectivity index (χ3v) is 2.56. The Balaban J connectivity index is 2.32. The molecule has 0 bridgehead atoms. The van der Waals surface area contributed by atoms with E-state index in [4.69, 9.17) is 0 Å². The van der Waals surface area contributed by atoms with Gasteiger partial charge in [-0.25, -0.2) is 14.6 Å². The summed E-state index contributed by atoms with van der Waals surface area (Å²) in [7, 11) is 1.17. The van der Waals surface area contributed by atoms with Gasteiger partial charge in [-0.05, 0) is 12.1 Å². The van der Waals surface area contributed by atoms with Gasteiger partial charge < -0.3 is 15.2 Å². The van der Waals surface area contributed by atoms with E-state index in [1.165, 1.54) is 25.4 Å². The molecule has 0 fully saturated rings. The lowest BCUT2D eigenvalue weighted by atomic mass is 10.2. The Hall–Kier alpha value is -3.43. The minimum Gasteiger partial charge on any atom is -0.494 e. The van der Waals surface area contributed by atoms with Gasteiger partial charge in [-0.2, -0.15) is 0 Å². The number of rotatable bonds is 3. The lowest BCUT2D eigenvalue weighted by molar-refractivity contribution is 0.0594. The molecule has 22 heavy (non-hydrogen) atoms. The van der Waals surface area contributed by atoms with E-state index in [0.29, 0.717) is 0 Å². The van der Waals surface area contributed by atoms with Crippen molar-refractivity contribution in [2.45, 2.75) is 0 Å². The second-order valence-corrected chi connectivity index (χ2v) is 4.01. The fraction of sp³-hybridized carbons (Fsp3) is 0.0833. The van der Waals surface area contributed by atoms with Crippen LogP contribution in [-0.2, 0) is 4.74 Å². The number of aromatic nitrogens is 3. The standard InChI is InChI=1S/C12H10N4O6/c1-22-11(20)6-4-5(2-3-13-6)14-8(17)7-9(18)15-12(21)16-10(7)19/h2-4H,1H3,(H,13,14,17)(H3,15,16,18,19,21). The van der Waals surface area contributed by atoms with Gasteiger partial charge in [-0.3, -0.25) is 19.6 Å². The molecule has 0 radical (unpaired) electrons. The van der Waals surface area contributed by atoms with Crippen LogP contribution in [0.1, 0.15) is 20.8 Å². The first-order valence-corrected chi connectivity index (χ1v) is 5.83. The molecule has 1 amide bonds. The maximum Gasteiger partial charge on any atom is 0.356 e. The summed E-state index contributed by atoms with van der Waals surface area (Å²) in [5.41, 5.74) is -2.58. The van der Waals surface area contributed by atoms with Crippen molar-refractivity contribution in [3.63, 3.8) is 0 Å². The summed E-state index contributed by atoms with van der Waals surface area (Å²) in [6.07, 6.45) is 1.25. The fourth-order valence-electron chi connectivity index (χ4n) is 1.60.